The Morgan fingerprint density at radius 3 is 2.38 bits per heavy atom. The highest BCUT2D eigenvalue weighted by Gasteiger charge is 2.67. The van der Waals surface area contributed by atoms with E-state index in [0.29, 0.717) is 16.3 Å². The SMILES string of the molecule is Cc1cc(NC(=O)C2C(c3ccc(Cl)c(C(F)F)c3)C2(Cl)Cl)ccc1Cl. The molecule has 1 fully saturated rings. The molecule has 26 heavy (non-hydrogen) atoms. The number of nitrogens with one attached hydrogen (secondary N) is 1. The van der Waals surface area contributed by atoms with E-state index in [-0.39, 0.29) is 10.6 Å². The summed E-state index contributed by atoms with van der Waals surface area (Å²) >= 11 is 24.3. The van der Waals surface area contributed by atoms with Crippen molar-refractivity contribution in [2.75, 3.05) is 5.32 Å². The van der Waals surface area contributed by atoms with Gasteiger partial charge < -0.3 is 5.32 Å². The maximum Gasteiger partial charge on any atom is 0.265 e. The Hall–Kier alpha value is -1.07. The lowest BCUT2D eigenvalue weighted by atomic mass is 10.1. The maximum atomic E-state index is 13.1. The zero-order valence-electron chi connectivity index (χ0n) is 13.4. The van der Waals surface area contributed by atoms with Crippen molar-refractivity contribution in [3.05, 3.63) is 63.1 Å². The largest absolute Gasteiger partial charge is 0.326 e. The minimum absolute atomic E-state index is 0.0446. The third-order valence-corrected chi connectivity index (χ3v) is 6.08. The average molecular weight is 439 g/mol. The zero-order valence-corrected chi connectivity index (χ0v) is 16.4. The van der Waals surface area contributed by atoms with Crippen LogP contribution in [-0.2, 0) is 4.79 Å². The number of amides is 1. The van der Waals surface area contributed by atoms with Crippen molar-refractivity contribution >= 4 is 58.0 Å². The molecule has 0 saturated heterocycles. The van der Waals surface area contributed by atoms with E-state index in [2.05, 4.69) is 5.32 Å². The molecule has 1 saturated carbocycles. The molecule has 2 nitrogen and oxygen atoms in total. The minimum Gasteiger partial charge on any atom is -0.326 e. The minimum atomic E-state index is -2.73. The van der Waals surface area contributed by atoms with Crippen LogP contribution < -0.4 is 5.32 Å². The first kappa shape index (κ1) is 19.7. The van der Waals surface area contributed by atoms with Gasteiger partial charge in [-0.25, -0.2) is 8.78 Å². The first-order chi connectivity index (χ1) is 12.1. The third-order valence-electron chi connectivity index (χ3n) is 4.38. The van der Waals surface area contributed by atoms with E-state index in [4.69, 9.17) is 46.4 Å². The maximum absolute atomic E-state index is 13.1. The summed E-state index contributed by atoms with van der Waals surface area (Å²) in [6.45, 7) is 1.81. The lowest BCUT2D eigenvalue weighted by Crippen LogP contribution is -2.17. The van der Waals surface area contributed by atoms with Crippen molar-refractivity contribution in [3.63, 3.8) is 0 Å². The van der Waals surface area contributed by atoms with Crippen LogP contribution in [0.25, 0.3) is 0 Å². The summed E-state index contributed by atoms with van der Waals surface area (Å²) < 4.78 is 24.7. The first-order valence-corrected chi connectivity index (χ1v) is 9.16. The summed E-state index contributed by atoms with van der Waals surface area (Å²) in [5.74, 6) is -1.77. The summed E-state index contributed by atoms with van der Waals surface area (Å²) in [7, 11) is 0. The number of halogens is 6. The van der Waals surface area contributed by atoms with Crippen LogP contribution >= 0.6 is 46.4 Å². The van der Waals surface area contributed by atoms with Crippen LogP contribution in [0.15, 0.2) is 36.4 Å². The highest BCUT2D eigenvalue weighted by molar-refractivity contribution is 6.53. The van der Waals surface area contributed by atoms with Gasteiger partial charge in [-0.2, -0.15) is 0 Å². The van der Waals surface area contributed by atoms with Crippen LogP contribution in [0.2, 0.25) is 10.0 Å². The van der Waals surface area contributed by atoms with Crippen LogP contribution in [0.4, 0.5) is 14.5 Å². The summed E-state index contributed by atoms with van der Waals surface area (Å²) in [5, 5.41) is 3.27. The topological polar surface area (TPSA) is 29.1 Å². The lowest BCUT2D eigenvalue weighted by molar-refractivity contribution is -0.117. The van der Waals surface area contributed by atoms with Gasteiger partial charge in [0.15, 0.2) is 0 Å². The Morgan fingerprint density at radius 2 is 1.77 bits per heavy atom. The molecule has 1 aliphatic rings. The molecular weight excluding hydrogens is 426 g/mol. The number of aryl methyl sites for hydroxylation is 1. The number of carbonyl (C=O) groups is 1. The molecule has 0 aliphatic heterocycles. The fraction of sp³-hybridized carbons (Fsp3) is 0.278. The highest BCUT2D eigenvalue weighted by Crippen LogP contribution is 2.65. The normalized spacial score (nSPS) is 20.9. The molecule has 0 aromatic heterocycles. The van der Waals surface area contributed by atoms with Gasteiger partial charge >= 0.3 is 0 Å². The molecule has 1 aliphatic carbocycles. The standard InChI is InChI=1S/C18H13Cl4F2NO/c1-8-6-10(3-5-12(8)19)25-17(26)15-14(18(15,21)22)9-2-4-13(20)11(7-9)16(23)24/h2-7,14-16H,1H3,(H,25,26). The van der Waals surface area contributed by atoms with E-state index in [0.717, 1.165) is 5.56 Å². The number of carbonyl (C=O) groups excluding carboxylic acids is 1. The second kappa shape index (κ2) is 7.16. The van der Waals surface area contributed by atoms with E-state index in [9.17, 15) is 13.6 Å². The lowest BCUT2D eigenvalue weighted by Gasteiger charge is -2.08. The average Bonchev–Trinajstić information content (AvgIpc) is 3.13. The Bertz CT molecular complexity index is 872. The van der Waals surface area contributed by atoms with Crippen molar-refractivity contribution in [2.24, 2.45) is 5.92 Å². The Kier molecular flexibility index (Phi) is 5.42. The molecule has 8 heteroatoms. The van der Waals surface area contributed by atoms with Crippen LogP contribution in [-0.4, -0.2) is 10.2 Å². The molecule has 0 bridgehead atoms. The number of anilines is 1. The monoisotopic (exact) mass is 437 g/mol. The highest BCUT2D eigenvalue weighted by atomic mass is 35.5. The van der Waals surface area contributed by atoms with Crippen LogP contribution in [0.5, 0.6) is 0 Å². The molecule has 3 rings (SSSR count). The van der Waals surface area contributed by atoms with Gasteiger partial charge in [0, 0.05) is 27.2 Å². The van der Waals surface area contributed by atoms with E-state index < -0.39 is 28.5 Å². The summed E-state index contributed by atoms with van der Waals surface area (Å²) in [6.07, 6.45) is -2.73. The molecule has 1 amide bonds. The van der Waals surface area contributed by atoms with Gasteiger partial charge in [0.1, 0.15) is 4.33 Å². The number of hydrogen-bond acceptors (Lipinski definition) is 1. The number of benzene rings is 2. The number of alkyl halides is 4. The van der Waals surface area contributed by atoms with E-state index in [1.165, 1.54) is 12.1 Å². The summed E-state index contributed by atoms with van der Waals surface area (Å²) in [4.78, 5) is 12.6. The first-order valence-electron chi connectivity index (χ1n) is 7.65. The van der Waals surface area contributed by atoms with Gasteiger partial charge in [-0.05, 0) is 48.4 Å². The Morgan fingerprint density at radius 1 is 1.12 bits per heavy atom. The summed E-state index contributed by atoms with van der Waals surface area (Å²) in [5.41, 5.74) is 1.49. The molecule has 0 heterocycles. The van der Waals surface area contributed by atoms with Gasteiger partial charge in [-0.3, -0.25) is 4.79 Å². The predicted molar refractivity (Wildman–Crippen MR) is 102 cm³/mol. The molecule has 2 unspecified atom stereocenters. The Labute approximate surface area is 169 Å². The fourth-order valence-electron chi connectivity index (χ4n) is 2.93. The van der Waals surface area contributed by atoms with Crippen molar-refractivity contribution in [3.8, 4) is 0 Å². The van der Waals surface area contributed by atoms with Gasteiger partial charge in [0.2, 0.25) is 5.91 Å². The van der Waals surface area contributed by atoms with E-state index in [1.807, 2.05) is 6.92 Å². The molecule has 0 spiro atoms. The summed E-state index contributed by atoms with van der Waals surface area (Å²) in [6, 6.07) is 9.21. The number of hydrogen-bond donors (Lipinski definition) is 1. The zero-order chi connectivity index (χ0) is 19.2. The van der Waals surface area contributed by atoms with Gasteiger partial charge in [-0.15, -0.1) is 23.2 Å². The van der Waals surface area contributed by atoms with Crippen molar-refractivity contribution in [1.82, 2.24) is 0 Å². The van der Waals surface area contributed by atoms with Gasteiger partial charge in [0.25, 0.3) is 6.43 Å². The molecule has 1 N–H and O–H groups in total. The van der Waals surface area contributed by atoms with Crippen LogP contribution in [0, 0.1) is 12.8 Å². The van der Waals surface area contributed by atoms with Crippen molar-refractivity contribution in [1.29, 1.82) is 0 Å². The van der Waals surface area contributed by atoms with Crippen LogP contribution in [0.3, 0.4) is 0 Å². The van der Waals surface area contributed by atoms with Crippen molar-refractivity contribution < 1.29 is 13.6 Å². The van der Waals surface area contributed by atoms with Crippen molar-refractivity contribution in [2.45, 2.75) is 23.6 Å². The number of rotatable bonds is 4. The quantitative estimate of drug-likeness (QED) is 0.524. The fourth-order valence-corrected chi connectivity index (χ4v) is 4.08. The van der Waals surface area contributed by atoms with E-state index in [1.54, 1.807) is 24.3 Å². The molecular formula is C18H13Cl4F2NO. The second-order valence-electron chi connectivity index (χ2n) is 6.16. The predicted octanol–water partition coefficient (Wildman–Crippen LogP) is 6.77. The second-order valence-corrected chi connectivity index (χ2v) is 8.42. The smallest absolute Gasteiger partial charge is 0.265 e. The molecule has 138 valence electrons. The molecule has 2 aromatic rings. The van der Waals surface area contributed by atoms with Gasteiger partial charge in [0.05, 0.1) is 5.92 Å². The van der Waals surface area contributed by atoms with Crippen LogP contribution in [0.1, 0.15) is 29.0 Å². The molecule has 2 atom stereocenters. The van der Waals surface area contributed by atoms with Gasteiger partial charge in [-0.1, -0.05) is 29.3 Å². The molecule has 0 radical (unpaired) electrons. The third kappa shape index (κ3) is 3.65. The Balaban J connectivity index is 1.82. The van der Waals surface area contributed by atoms with E-state index >= 15 is 0 Å². The molecule has 2 aromatic carbocycles.